The maximum atomic E-state index is 12.5. The number of halogens is 1. The van der Waals surface area contributed by atoms with E-state index in [0.29, 0.717) is 21.2 Å². The molecule has 1 aromatic heterocycles. The van der Waals surface area contributed by atoms with Crippen molar-refractivity contribution in [2.75, 3.05) is 19.4 Å². The molecule has 0 saturated heterocycles. The normalized spacial score (nSPS) is 10.6. The fourth-order valence-electron chi connectivity index (χ4n) is 2.29. The van der Waals surface area contributed by atoms with Gasteiger partial charge in [-0.15, -0.1) is 11.3 Å². The molecule has 0 aliphatic heterocycles. The van der Waals surface area contributed by atoms with Crippen molar-refractivity contribution in [2.45, 2.75) is 0 Å². The van der Waals surface area contributed by atoms with Crippen molar-refractivity contribution in [1.82, 2.24) is 4.90 Å². The molecule has 0 unspecified atom stereocenters. The van der Waals surface area contributed by atoms with Crippen LogP contribution in [0.3, 0.4) is 0 Å². The number of hydrogen-bond acceptors (Lipinski definition) is 3. The first-order chi connectivity index (χ1) is 11.5. The average molecular weight is 359 g/mol. The van der Waals surface area contributed by atoms with Gasteiger partial charge in [-0.3, -0.25) is 9.59 Å². The molecule has 0 aliphatic carbocycles. The summed E-state index contributed by atoms with van der Waals surface area (Å²) < 4.78 is 1.05. The van der Waals surface area contributed by atoms with Crippen LogP contribution < -0.4 is 5.32 Å². The van der Waals surface area contributed by atoms with Crippen LogP contribution in [-0.2, 0) is 0 Å². The molecule has 0 saturated carbocycles. The number of anilines is 1. The molecule has 2 amide bonds. The summed E-state index contributed by atoms with van der Waals surface area (Å²) in [5.74, 6) is -0.392. The molecule has 0 atom stereocenters. The highest BCUT2D eigenvalue weighted by Gasteiger charge is 2.15. The third kappa shape index (κ3) is 3.27. The summed E-state index contributed by atoms with van der Waals surface area (Å²) in [5.41, 5.74) is 0.892. The highest BCUT2D eigenvalue weighted by atomic mass is 35.5. The Morgan fingerprint density at radius 2 is 1.83 bits per heavy atom. The minimum Gasteiger partial charge on any atom is -0.345 e. The Hall–Kier alpha value is -2.37. The molecule has 0 spiro atoms. The topological polar surface area (TPSA) is 49.4 Å². The summed E-state index contributed by atoms with van der Waals surface area (Å²) in [7, 11) is 3.35. The first-order valence-corrected chi connectivity index (χ1v) is 8.46. The second-order valence-electron chi connectivity index (χ2n) is 5.50. The average Bonchev–Trinajstić information content (AvgIpc) is 3.00. The van der Waals surface area contributed by atoms with Gasteiger partial charge in [0.1, 0.15) is 0 Å². The predicted molar refractivity (Wildman–Crippen MR) is 99.2 cm³/mol. The standard InChI is InChI=1S/C18H15ClN2O2S/c1-21(2)18(23)12-7-8-13(19)14(9-12)20-17(22)16-10-11-5-3-4-6-15(11)24-16/h3-10H,1-2H3,(H,20,22). The first-order valence-electron chi connectivity index (χ1n) is 7.27. The molecule has 2 aromatic carbocycles. The Kier molecular flexibility index (Phi) is 4.55. The van der Waals surface area contributed by atoms with Gasteiger partial charge in [0, 0.05) is 24.4 Å². The van der Waals surface area contributed by atoms with Crippen LogP contribution >= 0.6 is 22.9 Å². The third-order valence-electron chi connectivity index (χ3n) is 3.52. The molecule has 122 valence electrons. The van der Waals surface area contributed by atoms with Gasteiger partial charge in [0.2, 0.25) is 0 Å². The summed E-state index contributed by atoms with van der Waals surface area (Å²) in [5, 5.41) is 4.20. The van der Waals surface area contributed by atoms with E-state index in [2.05, 4.69) is 5.32 Å². The number of rotatable bonds is 3. The number of nitrogens with zero attached hydrogens (tertiary/aromatic N) is 1. The van der Waals surface area contributed by atoms with Crippen molar-refractivity contribution >= 4 is 50.5 Å². The van der Waals surface area contributed by atoms with E-state index in [0.717, 1.165) is 10.1 Å². The third-order valence-corrected chi connectivity index (χ3v) is 4.96. The summed E-state index contributed by atoms with van der Waals surface area (Å²) in [6.45, 7) is 0. The van der Waals surface area contributed by atoms with Crippen molar-refractivity contribution in [3.8, 4) is 0 Å². The Morgan fingerprint density at radius 3 is 2.54 bits per heavy atom. The number of amides is 2. The quantitative estimate of drug-likeness (QED) is 0.748. The molecule has 3 rings (SSSR count). The molecule has 1 heterocycles. The van der Waals surface area contributed by atoms with Gasteiger partial charge < -0.3 is 10.2 Å². The lowest BCUT2D eigenvalue weighted by molar-refractivity contribution is 0.0827. The molecule has 0 fully saturated rings. The Morgan fingerprint density at radius 1 is 1.08 bits per heavy atom. The van der Waals surface area contributed by atoms with E-state index in [4.69, 9.17) is 11.6 Å². The molecule has 4 nitrogen and oxygen atoms in total. The van der Waals surface area contributed by atoms with Gasteiger partial charge in [-0.1, -0.05) is 29.8 Å². The van der Waals surface area contributed by atoms with E-state index < -0.39 is 0 Å². The Bertz CT molecular complexity index is 901. The Balaban J connectivity index is 1.88. The molecule has 0 radical (unpaired) electrons. The van der Waals surface area contributed by atoms with Gasteiger partial charge in [-0.05, 0) is 35.7 Å². The van der Waals surface area contributed by atoms with Crippen molar-refractivity contribution < 1.29 is 9.59 Å². The van der Waals surface area contributed by atoms with Gasteiger partial charge in [0.05, 0.1) is 15.6 Å². The second-order valence-corrected chi connectivity index (χ2v) is 6.99. The zero-order chi connectivity index (χ0) is 17.3. The zero-order valence-electron chi connectivity index (χ0n) is 13.2. The van der Waals surface area contributed by atoms with Crippen LogP contribution in [0.25, 0.3) is 10.1 Å². The van der Waals surface area contributed by atoms with Crippen molar-refractivity contribution in [3.63, 3.8) is 0 Å². The number of hydrogen-bond donors (Lipinski definition) is 1. The van der Waals surface area contributed by atoms with Crippen LogP contribution in [-0.4, -0.2) is 30.8 Å². The Labute approximate surface area is 148 Å². The molecule has 0 aliphatic rings. The number of nitrogens with one attached hydrogen (secondary N) is 1. The van der Waals surface area contributed by atoms with Crippen molar-refractivity contribution in [1.29, 1.82) is 0 Å². The molecular formula is C18H15ClN2O2S. The van der Waals surface area contributed by atoms with E-state index in [-0.39, 0.29) is 11.8 Å². The lowest BCUT2D eigenvalue weighted by Crippen LogP contribution is -2.22. The van der Waals surface area contributed by atoms with Gasteiger partial charge in [-0.25, -0.2) is 0 Å². The highest BCUT2D eigenvalue weighted by Crippen LogP contribution is 2.28. The number of carbonyl (C=O) groups excluding carboxylic acids is 2. The molecular weight excluding hydrogens is 344 g/mol. The van der Waals surface area contributed by atoms with E-state index in [1.54, 1.807) is 32.3 Å². The number of benzene rings is 2. The maximum Gasteiger partial charge on any atom is 0.265 e. The summed E-state index contributed by atoms with van der Waals surface area (Å²) in [6.07, 6.45) is 0. The van der Waals surface area contributed by atoms with E-state index >= 15 is 0 Å². The first kappa shape index (κ1) is 16.5. The SMILES string of the molecule is CN(C)C(=O)c1ccc(Cl)c(NC(=O)c2cc3ccccc3s2)c1. The lowest BCUT2D eigenvalue weighted by Gasteiger charge is -2.12. The van der Waals surface area contributed by atoms with Gasteiger partial charge >= 0.3 is 0 Å². The minimum absolute atomic E-state index is 0.149. The van der Waals surface area contributed by atoms with Crippen LogP contribution in [0.5, 0.6) is 0 Å². The number of thiophene rings is 1. The van der Waals surface area contributed by atoms with E-state index in [9.17, 15) is 9.59 Å². The van der Waals surface area contributed by atoms with Gasteiger partial charge in [-0.2, -0.15) is 0 Å². The van der Waals surface area contributed by atoms with E-state index in [1.165, 1.54) is 16.2 Å². The number of carbonyl (C=O) groups is 2. The second kappa shape index (κ2) is 6.63. The summed E-state index contributed by atoms with van der Waals surface area (Å²) in [6, 6.07) is 14.5. The monoisotopic (exact) mass is 358 g/mol. The van der Waals surface area contributed by atoms with Crippen LogP contribution in [0.2, 0.25) is 5.02 Å². The fourth-order valence-corrected chi connectivity index (χ4v) is 3.41. The fraction of sp³-hybridized carbons (Fsp3) is 0.111. The van der Waals surface area contributed by atoms with Crippen LogP contribution in [0.1, 0.15) is 20.0 Å². The van der Waals surface area contributed by atoms with Crippen LogP contribution in [0.4, 0.5) is 5.69 Å². The van der Waals surface area contributed by atoms with Crippen LogP contribution in [0, 0.1) is 0 Å². The summed E-state index contributed by atoms with van der Waals surface area (Å²) in [4.78, 5) is 26.6. The number of fused-ring (bicyclic) bond motifs is 1. The molecule has 6 heteroatoms. The molecule has 0 bridgehead atoms. The predicted octanol–water partition coefficient (Wildman–Crippen LogP) is 4.51. The largest absolute Gasteiger partial charge is 0.345 e. The molecule has 3 aromatic rings. The zero-order valence-corrected chi connectivity index (χ0v) is 14.7. The van der Waals surface area contributed by atoms with Crippen LogP contribution in [0.15, 0.2) is 48.5 Å². The van der Waals surface area contributed by atoms with Gasteiger partial charge in [0.15, 0.2) is 0 Å². The van der Waals surface area contributed by atoms with E-state index in [1.807, 2.05) is 30.3 Å². The minimum atomic E-state index is -0.243. The van der Waals surface area contributed by atoms with Gasteiger partial charge in [0.25, 0.3) is 11.8 Å². The lowest BCUT2D eigenvalue weighted by atomic mass is 10.1. The van der Waals surface area contributed by atoms with Crippen molar-refractivity contribution in [3.05, 3.63) is 64.0 Å². The highest BCUT2D eigenvalue weighted by molar-refractivity contribution is 7.20. The molecule has 1 N–H and O–H groups in total. The molecule has 24 heavy (non-hydrogen) atoms. The van der Waals surface area contributed by atoms with Crippen molar-refractivity contribution in [2.24, 2.45) is 0 Å². The maximum absolute atomic E-state index is 12.5. The summed E-state index contributed by atoms with van der Waals surface area (Å²) >= 11 is 7.57. The smallest absolute Gasteiger partial charge is 0.265 e.